The third-order valence-corrected chi connectivity index (χ3v) is 4.05. The third kappa shape index (κ3) is 3.33. The van der Waals surface area contributed by atoms with E-state index in [2.05, 4.69) is 22.5 Å². The molecule has 1 unspecified atom stereocenters. The van der Waals surface area contributed by atoms with Gasteiger partial charge in [0.25, 0.3) is 0 Å². The van der Waals surface area contributed by atoms with E-state index < -0.39 is 0 Å². The fourth-order valence-electron chi connectivity index (χ4n) is 2.02. The van der Waals surface area contributed by atoms with Crippen molar-refractivity contribution >= 4 is 11.3 Å². The van der Waals surface area contributed by atoms with Gasteiger partial charge in [-0.2, -0.15) is 0 Å². The fourth-order valence-corrected chi connectivity index (χ4v) is 2.64. The van der Waals surface area contributed by atoms with Gasteiger partial charge in [0.15, 0.2) is 0 Å². The maximum Gasteiger partial charge on any atom is 0.119 e. The van der Waals surface area contributed by atoms with Gasteiger partial charge in [-0.05, 0) is 37.5 Å². The van der Waals surface area contributed by atoms with Crippen LogP contribution in [-0.2, 0) is 6.42 Å². The smallest absolute Gasteiger partial charge is 0.119 e. The highest BCUT2D eigenvalue weighted by Gasteiger charge is 2.23. The molecule has 1 fully saturated rings. The van der Waals surface area contributed by atoms with E-state index in [1.54, 1.807) is 11.3 Å². The summed E-state index contributed by atoms with van der Waals surface area (Å²) in [5.41, 5.74) is 8.43. The van der Waals surface area contributed by atoms with Crippen molar-refractivity contribution in [2.75, 3.05) is 0 Å². The Kier molecular flexibility index (Phi) is 3.53. The molecule has 4 heteroatoms. The molecule has 2 aromatic rings. The lowest BCUT2D eigenvalue weighted by molar-refractivity contribution is 0.303. The Bertz CT molecular complexity index is 546. The van der Waals surface area contributed by atoms with Gasteiger partial charge in [0.2, 0.25) is 0 Å². The molecule has 19 heavy (non-hydrogen) atoms. The molecular formula is C15H18N2OS. The second-order valence-electron chi connectivity index (χ2n) is 5.05. The van der Waals surface area contributed by atoms with Crippen molar-refractivity contribution in [1.82, 2.24) is 4.98 Å². The zero-order valence-electron chi connectivity index (χ0n) is 11.0. The quantitative estimate of drug-likeness (QED) is 0.910. The number of rotatable bonds is 5. The van der Waals surface area contributed by atoms with Crippen LogP contribution >= 0.6 is 11.3 Å². The summed E-state index contributed by atoms with van der Waals surface area (Å²) in [6.45, 7) is 2.02. The summed E-state index contributed by atoms with van der Waals surface area (Å²) in [4.78, 5) is 4.46. The van der Waals surface area contributed by atoms with Crippen LogP contribution in [0.1, 0.15) is 35.1 Å². The minimum atomic E-state index is -0.00326. The van der Waals surface area contributed by atoms with E-state index in [0.717, 1.165) is 28.4 Å². The monoisotopic (exact) mass is 274 g/mol. The van der Waals surface area contributed by atoms with Crippen LogP contribution in [0.2, 0.25) is 0 Å². The van der Waals surface area contributed by atoms with Gasteiger partial charge in [-0.3, -0.25) is 0 Å². The van der Waals surface area contributed by atoms with Crippen molar-refractivity contribution < 1.29 is 4.74 Å². The van der Waals surface area contributed by atoms with Crippen LogP contribution in [0.25, 0.3) is 0 Å². The predicted octanol–water partition coefficient (Wildman–Crippen LogP) is 3.24. The molecule has 1 aliphatic carbocycles. The average Bonchev–Trinajstić information content (AvgIpc) is 3.12. The van der Waals surface area contributed by atoms with Gasteiger partial charge in [-0.1, -0.05) is 12.1 Å². The molecule has 0 aliphatic heterocycles. The van der Waals surface area contributed by atoms with Gasteiger partial charge in [0.1, 0.15) is 5.75 Å². The summed E-state index contributed by atoms with van der Waals surface area (Å²) in [6.07, 6.45) is 3.60. The molecular weight excluding hydrogens is 256 g/mol. The molecule has 1 atom stereocenters. The van der Waals surface area contributed by atoms with Crippen LogP contribution in [0.4, 0.5) is 0 Å². The lowest BCUT2D eigenvalue weighted by Crippen LogP contribution is -2.13. The Morgan fingerprint density at radius 2 is 2.11 bits per heavy atom. The first kappa shape index (κ1) is 12.6. The van der Waals surface area contributed by atoms with Crippen molar-refractivity contribution in [3.05, 3.63) is 45.9 Å². The molecule has 1 saturated carbocycles. The van der Waals surface area contributed by atoms with E-state index in [-0.39, 0.29) is 6.04 Å². The zero-order chi connectivity index (χ0) is 13.2. The summed E-state index contributed by atoms with van der Waals surface area (Å²) in [7, 11) is 0. The molecule has 3 nitrogen and oxygen atoms in total. The van der Waals surface area contributed by atoms with Crippen molar-refractivity contribution in [2.45, 2.75) is 38.3 Å². The SMILES string of the molecule is Cc1nc(CC(N)c2ccc(OC3CC3)cc2)cs1. The predicted molar refractivity (Wildman–Crippen MR) is 77.6 cm³/mol. The summed E-state index contributed by atoms with van der Waals surface area (Å²) >= 11 is 1.67. The van der Waals surface area contributed by atoms with E-state index in [0.29, 0.717) is 6.10 Å². The first-order valence-corrected chi connectivity index (χ1v) is 7.52. The van der Waals surface area contributed by atoms with Gasteiger partial charge >= 0.3 is 0 Å². The Labute approximate surface area is 117 Å². The maximum atomic E-state index is 6.22. The number of aromatic nitrogens is 1. The fraction of sp³-hybridized carbons (Fsp3) is 0.400. The first-order chi connectivity index (χ1) is 9.20. The van der Waals surface area contributed by atoms with Crippen LogP contribution in [0.3, 0.4) is 0 Å². The second-order valence-corrected chi connectivity index (χ2v) is 6.12. The first-order valence-electron chi connectivity index (χ1n) is 6.64. The van der Waals surface area contributed by atoms with Gasteiger partial charge in [-0.25, -0.2) is 4.98 Å². The molecule has 1 aliphatic rings. The molecule has 0 saturated heterocycles. The molecule has 3 rings (SSSR count). The van der Waals surface area contributed by atoms with Crippen LogP contribution in [0, 0.1) is 6.92 Å². The van der Waals surface area contributed by atoms with Crippen LogP contribution in [0.5, 0.6) is 5.75 Å². The minimum Gasteiger partial charge on any atom is -0.490 e. The molecule has 1 aromatic carbocycles. The van der Waals surface area contributed by atoms with Crippen LogP contribution in [-0.4, -0.2) is 11.1 Å². The lowest BCUT2D eigenvalue weighted by Gasteiger charge is -2.11. The Morgan fingerprint density at radius 1 is 1.37 bits per heavy atom. The third-order valence-electron chi connectivity index (χ3n) is 3.23. The van der Waals surface area contributed by atoms with E-state index in [4.69, 9.17) is 10.5 Å². The Hall–Kier alpha value is -1.39. The normalized spacial score (nSPS) is 16.3. The van der Waals surface area contributed by atoms with Crippen molar-refractivity contribution in [1.29, 1.82) is 0 Å². The van der Waals surface area contributed by atoms with Gasteiger partial charge < -0.3 is 10.5 Å². The maximum absolute atomic E-state index is 6.22. The zero-order valence-corrected chi connectivity index (χ0v) is 11.8. The average molecular weight is 274 g/mol. The molecule has 100 valence electrons. The van der Waals surface area contributed by atoms with Crippen molar-refractivity contribution in [2.24, 2.45) is 5.73 Å². The Balaban J connectivity index is 1.63. The number of ether oxygens (including phenoxy) is 1. The number of hydrogen-bond acceptors (Lipinski definition) is 4. The van der Waals surface area contributed by atoms with Crippen molar-refractivity contribution in [3.63, 3.8) is 0 Å². The molecule has 2 N–H and O–H groups in total. The Morgan fingerprint density at radius 3 is 2.68 bits per heavy atom. The van der Waals surface area contributed by atoms with Crippen molar-refractivity contribution in [3.8, 4) is 5.75 Å². The van der Waals surface area contributed by atoms with E-state index in [1.807, 2.05) is 19.1 Å². The highest BCUT2D eigenvalue weighted by molar-refractivity contribution is 7.09. The van der Waals surface area contributed by atoms with Crippen LogP contribution < -0.4 is 10.5 Å². The topological polar surface area (TPSA) is 48.1 Å². The van der Waals surface area contributed by atoms with E-state index in [9.17, 15) is 0 Å². The highest BCUT2D eigenvalue weighted by Crippen LogP contribution is 2.27. The summed E-state index contributed by atoms with van der Waals surface area (Å²) in [6, 6.07) is 8.14. The molecule has 1 heterocycles. The summed E-state index contributed by atoms with van der Waals surface area (Å²) < 4.78 is 5.73. The van der Waals surface area contributed by atoms with E-state index in [1.165, 1.54) is 12.8 Å². The van der Waals surface area contributed by atoms with Gasteiger partial charge in [-0.15, -0.1) is 11.3 Å². The van der Waals surface area contributed by atoms with Gasteiger partial charge in [0.05, 0.1) is 16.8 Å². The molecule has 0 amide bonds. The lowest BCUT2D eigenvalue weighted by atomic mass is 10.0. The number of aryl methyl sites for hydroxylation is 1. The van der Waals surface area contributed by atoms with E-state index >= 15 is 0 Å². The standard InChI is InChI=1S/C15H18N2OS/c1-10-17-12(9-19-10)8-15(16)11-2-4-13(5-3-11)18-14-6-7-14/h2-5,9,14-15H,6-8,16H2,1H3. The molecule has 1 aromatic heterocycles. The van der Waals surface area contributed by atoms with Crippen LogP contribution in [0.15, 0.2) is 29.6 Å². The number of thiazole rings is 1. The molecule has 0 bridgehead atoms. The number of nitrogens with two attached hydrogens (primary N) is 1. The summed E-state index contributed by atoms with van der Waals surface area (Å²) in [5.74, 6) is 0.947. The van der Waals surface area contributed by atoms with Gasteiger partial charge in [0, 0.05) is 17.8 Å². The number of benzene rings is 1. The molecule has 0 spiro atoms. The largest absolute Gasteiger partial charge is 0.490 e. The molecule has 0 radical (unpaired) electrons. The number of nitrogens with zero attached hydrogens (tertiary/aromatic N) is 1. The second kappa shape index (κ2) is 5.31. The number of hydrogen-bond donors (Lipinski definition) is 1. The minimum absolute atomic E-state index is 0.00326. The summed E-state index contributed by atoms with van der Waals surface area (Å²) in [5, 5.41) is 3.18. The highest BCUT2D eigenvalue weighted by atomic mass is 32.1.